The number of phenolic OH excluding ortho intramolecular Hbond substituents is 1. The number of hydrogen-bond acceptors (Lipinski definition) is 6. The molecule has 0 aliphatic carbocycles. The molecule has 0 spiro atoms. The van der Waals surface area contributed by atoms with Gasteiger partial charge in [-0.3, -0.25) is 19.2 Å². The molecule has 2 amide bonds. The summed E-state index contributed by atoms with van der Waals surface area (Å²) in [5, 5.41) is 22.9. The summed E-state index contributed by atoms with van der Waals surface area (Å²) in [5.74, 6) is -3.40. The van der Waals surface area contributed by atoms with Crippen molar-refractivity contribution in [2.75, 3.05) is 0 Å². The van der Waals surface area contributed by atoms with Gasteiger partial charge in [0.25, 0.3) is 0 Å². The third-order valence-electron chi connectivity index (χ3n) is 5.78. The van der Waals surface area contributed by atoms with Gasteiger partial charge in [0, 0.05) is 30.1 Å². The van der Waals surface area contributed by atoms with Crippen molar-refractivity contribution in [3.05, 3.63) is 83.8 Å². The van der Waals surface area contributed by atoms with Crippen molar-refractivity contribution >= 4 is 40.2 Å². The summed E-state index contributed by atoms with van der Waals surface area (Å²) in [7, 11) is 0. The fraction of sp³-hybridized carbons (Fsp3) is 0.286. The molecule has 2 aromatic carbocycles. The molecule has 2 aromatic rings. The lowest BCUT2D eigenvalue weighted by Crippen LogP contribution is -2.43. The van der Waals surface area contributed by atoms with Crippen molar-refractivity contribution in [1.29, 1.82) is 0 Å². The molecule has 0 radical (unpaired) electrons. The van der Waals surface area contributed by atoms with Crippen LogP contribution in [0.5, 0.6) is 5.75 Å². The van der Waals surface area contributed by atoms with Crippen LogP contribution in [0.15, 0.2) is 67.1 Å². The smallest absolute Gasteiger partial charge is 0.303 e. The number of hydrogen-bond donors (Lipinski definition) is 4. The largest absolute Gasteiger partial charge is 0.508 e. The summed E-state index contributed by atoms with van der Waals surface area (Å²) in [4.78, 5) is 49.6. The molecule has 0 unspecified atom stereocenters. The summed E-state index contributed by atoms with van der Waals surface area (Å²) in [6, 6.07) is 12.7. The van der Waals surface area contributed by atoms with E-state index in [4.69, 9.17) is 10.8 Å². The molecule has 0 saturated heterocycles. The Labute approximate surface area is 220 Å². The van der Waals surface area contributed by atoms with Crippen LogP contribution in [-0.2, 0) is 32.0 Å². The van der Waals surface area contributed by atoms with E-state index in [-0.39, 0.29) is 37.9 Å². The maximum Gasteiger partial charge on any atom is 0.303 e. The van der Waals surface area contributed by atoms with E-state index in [9.17, 15) is 24.3 Å². The number of benzene rings is 2. The number of aryl methyl sites for hydroxylation is 1. The zero-order valence-corrected chi connectivity index (χ0v) is 21.3. The zero-order chi connectivity index (χ0) is 27.4. The molecule has 8 nitrogen and oxygen atoms in total. The molecule has 5 N–H and O–H groups in total. The number of carboxylic acids is 1. The second-order valence-electron chi connectivity index (χ2n) is 8.60. The van der Waals surface area contributed by atoms with Gasteiger partial charge in [0.05, 0.1) is 6.04 Å². The lowest BCUT2D eigenvalue weighted by Gasteiger charge is -2.20. The molecule has 0 aliphatic heterocycles. The van der Waals surface area contributed by atoms with Crippen molar-refractivity contribution in [2.24, 2.45) is 11.7 Å². The number of aliphatic carboxylic acids is 1. The van der Waals surface area contributed by atoms with Crippen LogP contribution in [0.3, 0.4) is 0 Å². The Morgan fingerprint density at radius 3 is 2.19 bits per heavy atom. The maximum atomic E-state index is 13.0. The lowest BCUT2D eigenvalue weighted by molar-refractivity contribution is -0.138. The van der Waals surface area contributed by atoms with Gasteiger partial charge >= 0.3 is 5.97 Å². The summed E-state index contributed by atoms with van der Waals surface area (Å²) < 4.78 is 0. The number of nitrogens with one attached hydrogen (secondary N) is 1. The SMILES string of the molecule is C=CSC(=C)c1ccc(CCC(=O)N[C@@H](CCC(=O)O)C(=O)C[C@@H](Cc2ccc(O)cc2)C(N)=O)cc1. The van der Waals surface area contributed by atoms with E-state index in [1.165, 1.54) is 23.9 Å². The molecule has 196 valence electrons. The van der Waals surface area contributed by atoms with Crippen molar-refractivity contribution in [1.82, 2.24) is 5.32 Å². The molecule has 2 atom stereocenters. The van der Waals surface area contributed by atoms with Gasteiger partial charge in [-0.15, -0.1) is 0 Å². The number of Topliss-reactive ketones (excluding diaryl/α,β-unsaturated/α-hetero) is 1. The van der Waals surface area contributed by atoms with E-state index < -0.39 is 35.5 Å². The lowest BCUT2D eigenvalue weighted by atomic mass is 9.90. The van der Waals surface area contributed by atoms with E-state index in [1.807, 2.05) is 24.3 Å². The molecule has 2 rings (SSSR count). The second kappa shape index (κ2) is 14.6. The number of rotatable bonds is 16. The van der Waals surface area contributed by atoms with E-state index >= 15 is 0 Å². The molecule has 0 bridgehead atoms. The Balaban J connectivity index is 2.00. The molecule has 0 heterocycles. The number of amides is 2. The first kappa shape index (κ1) is 29.4. The van der Waals surface area contributed by atoms with Crippen LogP contribution in [0.4, 0.5) is 0 Å². The average Bonchev–Trinajstić information content (AvgIpc) is 2.86. The van der Waals surface area contributed by atoms with Crippen molar-refractivity contribution in [3.8, 4) is 5.75 Å². The van der Waals surface area contributed by atoms with Gasteiger partial charge in [-0.25, -0.2) is 0 Å². The Morgan fingerprint density at radius 1 is 1.00 bits per heavy atom. The number of carboxylic acid groups (broad SMARTS) is 1. The topological polar surface area (TPSA) is 147 Å². The van der Waals surface area contributed by atoms with Crippen LogP contribution in [0, 0.1) is 5.92 Å². The highest BCUT2D eigenvalue weighted by Crippen LogP contribution is 2.26. The van der Waals surface area contributed by atoms with Gasteiger partial charge in [0.2, 0.25) is 11.8 Å². The first-order valence-electron chi connectivity index (χ1n) is 11.8. The Bertz CT molecular complexity index is 1130. The fourth-order valence-electron chi connectivity index (χ4n) is 3.71. The summed E-state index contributed by atoms with van der Waals surface area (Å²) in [6.45, 7) is 7.64. The third-order valence-corrected chi connectivity index (χ3v) is 6.47. The highest BCUT2D eigenvalue weighted by Gasteiger charge is 2.27. The van der Waals surface area contributed by atoms with Gasteiger partial charge in [-0.1, -0.05) is 61.3 Å². The standard InChI is InChI=1S/C28H32N2O6S/c1-3-37-18(2)21-9-4-19(5-10-21)8-14-26(33)30-24(13-15-27(34)35)25(32)17-22(28(29)36)16-20-6-11-23(31)12-7-20/h3-7,9-12,22,24,31H,1-2,8,13-17H2,(H2,29,36)(H,30,33)(H,34,35)/t22-,24+/m1/s1. The molecule has 37 heavy (non-hydrogen) atoms. The normalized spacial score (nSPS) is 12.2. The van der Waals surface area contributed by atoms with E-state index in [2.05, 4.69) is 18.5 Å². The summed E-state index contributed by atoms with van der Waals surface area (Å²) in [5.41, 5.74) is 8.09. The minimum Gasteiger partial charge on any atom is -0.508 e. The van der Waals surface area contributed by atoms with E-state index in [0.717, 1.165) is 16.0 Å². The van der Waals surface area contributed by atoms with Gasteiger partial charge in [0.1, 0.15) is 5.75 Å². The molecule has 9 heteroatoms. The average molecular weight is 525 g/mol. The third kappa shape index (κ3) is 10.3. The first-order valence-corrected chi connectivity index (χ1v) is 12.6. The van der Waals surface area contributed by atoms with Crippen LogP contribution >= 0.6 is 11.8 Å². The van der Waals surface area contributed by atoms with Crippen LogP contribution in [-0.4, -0.2) is 39.8 Å². The quantitative estimate of drug-likeness (QED) is 0.261. The Hall–Kier alpha value is -3.85. The predicted octanol–water partition coefficient (Wildman–Crippen LogP) is 3.83. The van der Waals surface area contributed by atoms with E-state index in [0.29, 0.717) is 12.0 Å². The van der Waals surface area contributed by atoms with Gasteiger partial charge in [0.15, 0.2) is 5.78 Å². The number of carbonyl (C=O) groups excluding carboxylic acids is 3. The molecular weight excluding hydrogens is 492 g/mol. The van der Waals surface area contributed by atoms with Crippen LogP contribution < -0.4 is 11.1 Å². The number of thioether (sulfide) groups is 1. The van der Waals surface area contributed by atoms with E-state index in [1.54, 1.807) is 17.5 Å². The number of phenols is 1. The van der Waals surface area contributed by atoms with Crippen molar-refractivity contribution < 1.29 is 29.4 Å². The Kier molecular flexibility index (Phi) is 11.6. The molecule has 0 saturated carbocycles. The van der Waals surface area contributed by atoms with Crippen LogP contribution in [0.1, 0.15) is 42.4 Å². The predicted molar refractivity (Wildman–Crippen MR) is 145 cm³/mol. The number of nitrogens with two attached hydrogens (primary N) is 1. The highest BCUT2D eigenvalue weighted by molar-refractivity contribution is 8.10. The van der Waals surface area contributed by atoms with Crippen molar-refractivity contribution in [2.45, 2.75) is 44.6 Å². The summed E-state index contributed by atoms with van der Waals surface area (Å²) in [6.07, 6.45) is 0.0545. The number of primary amides is 1. The first-order chi connectivity index (χ1) is 17.6. The number of carbonyl (C=O) groups is 4. The Morgan fingerprint density at radius 2 is 1.62 bits per heavy atom. The minimum atomic E-state index is -1.10. The summed E-state index contributed by atoms with van der Waals surface area (Å²) >= 11 is 1.42. The molecule has 0 aliphatic rings. The van der Waals surface area contributed by atoms with Crippen LogP contribution in [0.2, 0.25) is 0 Å². The highest BCUT2D eigenvalue weighted by atomic mass is 32.2. The second-order valence-corrected chi connectivity index (χ2v) is 9.66. The van der Waals surface area contributed by atoms with Crippen molar-refractivity contribution in [3.63, 3.8) is 0 Å². The number of aromatic hydroxyl groups is 1. The van der Waals surface area contributed by atoms with Gasteiger partial charge in [-0.05, 0) is 53.5 Å². The molecule has 0 aromatic heterocycles. The van der Waals surface area contributed by atoms with Crippen LogP contribution in [0.25, 0.3) is 4.91 Å². The molecular formula is C28H32N2O6S. The zero-order valence-electron chi connectivity index (χ0n) is 20.5. The monoisotopic (exact) mass is 524 g/mol. The van der Waals surface area contributed by atoms with Gasteiger partial charge in [-0.2, -0.15) is 0 Å². The number of ketones is 1. The minimum absolute atomic E-state index is 0.0694. The molecule has 0 fully saturated rings. The maximum absolute atomic E-state index is 13.0. The fourth-order valence-corrected chi connectivity index (χ4v) is 4.18. The van der Waals surface area contributed by atoms with Gasteiger partial charge < -0.3 is 21.3 Å².